The summed E-state index contributed by atoms with van der Waals surface area (Å²) in [7, 11) is -6.62. The van der Waals surface area contributed by atoms with E-state index >= 15 is 0 Å². The Labute approximate surface area is 297 Å². The number of hydrogen-bond acceptors (Lipinski definition) is 10. The molecule has 274 valence electrons. The van der Waals surface area contributed by atoms with Gasteiger partial charge < -0.3 is 49.7 Å². The van der Waals surface area contributed by atoms with Crippen molar-refractivity contribution in [3.05, 3.63) is 114 Å². The normalized spacial score (nSPS) is 26.0. The molecule has 17 heteroatoms. The third-order valence-corrected chi connectivity index (χ3v) is 11.5. The fourth-order valence-corrected chi connectivity index (χ4v) is 8.40. The van der Waals surface area contributed by atoms with Crippen LogP contribution in [0.4, 0.5) is 10.1 Å². The van der Waals surface area contributed by atoms with Crippen LogP contribution in [0.15, 0.2) is 97.1 Å². The van der Waals surface area contributed by atoms with Crippen LogP contribution in [0.1, 0.15) is 23.3 Å². The lowest BCUT2D eigenvalue weighted by Gasteiger charge is -2.47. The Bertz CT molecular complexity index is 2010. The molecule has 2 aliphatic heterocycles. The number of halogens is 1. The molecule has 3 unspecified atom stereocenters. The average Bonchev–Trinajstić information content (AvgIpc) is 3.11. The topological polar surface area (TPSA) is 232 Å². The van der Waals surface area contributed by atoms with Gasteiger partial charge in [-0.2, -0.15) is 0 Å². The van der Waals surface area contributed by atoms with E-state index in [9.17, 15) is 58.1 Å². The minimum atomic E-state index is -4.48. The van der Waals surface area contributed by atoms with Gasteiger partial charge in [0.25, 0.3) is 0 Å². The summed E-state index contributed by atoms with van der Waals surface area (Å²) in [5.74, 6) is -3.58. The number of aromatic hydroxyl groups is 1. The van der Waals surface area contributed by atoms with Gasteiger partial charge in [-0.05, 0) is 59.2 Å². The first-order valence-corrected chi connectivity index (χ1v) is 18.7. The van der Waals surface area contributed by atoms with E-state index in [0.29, 0.717) is 16.8 Å². The molecule has 2 aliphatic rings. The van der Waals surface area contributed by atoms with Crippen LogP contribution >= 0.6 is 7.60 Å². The zero-order valence-electron chi connectivity index (χ0n) is 26.8. The maximum absolute atomic E-state index is 14.2. The Kier molecular flexibility index (Phi) is 10.8. The van der Waals surface area contributed by atoms with Gasteiger partial charge in [0, 0.05) is 22.1 Å². The number of carboxylic acid groups (broad SMARTS) is 1. The molecule has 0 bridgehead atoms. The van der Waals surface area contributed by atoms with Crippen molar-refractivity contribution in [1.29, 1.82) is 0 Å². The molecule has 2 saturated heterocycles. The number of carbonyl (C=O) groups is 2. The number of nitrogens with zero attached hydrogens (tertiary/aromatic N) is 1. The smallest absolute Gasteiger partial charge is 0.356 e. The number of carboxylic acids is 1. The first-order valence-electron chi connectivity index (χ1n) is 15.7. The van der Waals surface area contributed by atoms with Crippen LogP contribution in [0.2, 0.25) is 0 Å². The number of aliphatic hydroxyl groups is 3. The number of carbonyl (C=O) groups excluding carboxylic acids is 1. The van der Waals surface area contributed by atoms with E-state index in [0.717, 1.165) is 12.1 Å². The number of anilines is 1. The van der Waals surface area contributed by atoms with Gasteiger partial charge in [-0.15, -0.1) is 0 Å². The number of para-hydroxylation sites is 1. The van der Waals surface area contributed by atoms with Gasteiger partial charge >= 0.3 is 13.6 Å². The summed E-state index contributed by atoms with van der Waals surface area (Å²) in [6.07, 6.45) is -11.1. The lowest BCUT2D eigenvalue weighted by atomic mass is 9.90. The Morgan fingerprint density at radius 2 is 1.54 bits per heavy atom. The molecule has 9 atom stereocenters. The van der Waals surface area contributed by atoms with Gasteiger partial charge in [0.2, 0.25) is 5.91 Å². The van der Waals surface area contributed by atoms with Gasteiger partial charge in [0.05, 0.1) is 23.2 Å². The van der Waals surface area contributed by atoms with Crippen LogP contribution in [0, 0.1) is 5.82 Å². The number of aliphatic hydroxyl groups excluding tert-OH is 3. The number of β-lactam (4-membered cyclic amide) rings is 1. The van der Waals surface area contributed by atoms with Crippen molar-refractivity contribution in [1.82, 2.24) is 0 Å². The number of phenols is 1. The van der Waals surface area contributed by atoms with Crippen molar-refractivity contribution in [3.8, 4) is 16.9 Å². The molecule has 7 N–H and O–H groups in total. The molecule has 0 radical (unpaired) electrons. The van der Waals surface area contributed by atoms with Crippen molar-refractivity contribution in [2.45, 2.75) is 48.1 Å². The molecule has 0 saturated carbocycles. The molecule has 14 nitrogen and oxygen atoms in total. The molecule has 2 fully saturated rings. The summed E-state index contributed by atoms with van der Waals surface area (Å²) < 4.78 is 50.9. The van der Waals surface area contributed by atoms with Crippen LogP contribution in [0.3, 0.4) is 0 Å². The SMILES string of the molecule is O=C(O)C1O[C@@H](O[C@@H](CS(=O)[C@H]2C(=O)N(c3ccccc3)[C@@H]2c2ccc(-c3ccc(P(=O)(O)O)cc3)cc2O)c2ccc(F)cc2)C(O)[C@@H](O)[C@@H]1O. The second-order valence-electron chi connectivity index (χ2n) is 12.2. The number of benzene rings is 4. The second-order valence-corrected chi connectivity index (χ2v) is 15.4. The van der Waals surface area contributed by atoms with Crippen LogP contribution in [0.5, 0.6) is 5.75 Å². The molecule has 6 rings (SSSR count). The van der Waals surface area contributed by atoms with Gasteiger partial charge in [-0.1, -0.05) is 54.6 Å². The Morgan fingerprint density at radius 3 is 2.13 bits per heavy atom. The van der Waals surface area contributed by atoms with Crippen molar-refractivity contribution in [2.24, 2.45) is 0 Å². The summed E-state index contributed by atoms with van der Waals surface area (Å²) in [6, 6.07) is 22.2. The molecular formula is C35H33FNO13PS. The van der Waals surface area contributed by atoms with E-state index in [-0.39, 0.29) is 22.2 Å². The summed E-state index contributed by atoms with van der Waals surface area (Å²) in [4.78, 5) is 45.7. The highest BCUT2D eigenvalue weighted by molar-refractivity contribution is 7.86. The minimum Gasteiger partial charge on any atom is -0.508 e. The standard InChI is InChI=1S/C35H33FNO13PS/c36-21-11-6-19(7-12-21)26(49-35-30(41)28(39)29(40)31(50-35)34(43)44)17-52(48)32-27(37(33(32)42)22-4-2-1-3-5-22)24-15-10-20(16-25(24)38)18-8-13-23(14-9-18)51(45,46)47/h1-16,26-32,35,38-41H,17H2,(H,43,44)(H2,45,46,47)/t26-,27+,28-,29-,30?,31?,32+,35+,52?/m0/s1. The maximum atomic E-state index is 14.2. The Hall–Kier alpha value is -4.35. The molecule has 1 amide bonds. The Balaban J connectivity index is 1.32. The number of phenolic OH excluding ortho intramolecular Hbond substituents is 1. The maximum Gasteiger partial charge on any atom is 0.356 e. The molecular weight excluding hydrogens is 724 g/mol. The summed E-state index contributed by atoms with van der Waals surface area (Å²) in [6.45, 7) is 0. The minimum absolute atomic E-state index is 0.183. The first kappa shape index (κ1) is 37.4. The van der Waals surface area contributed by atoms with E-state index in [1.54, 1.807) is 36.4 Å². The molecule has 4 aromatic rings. The zero-order chi connectivity index (χ0) is 37.5. The van der Waals surface area contributed by atoms with Crippen LogP contribution in [-0.2, 0) is 34.4 Å². The third-order valence-electron chi connectivity index (χ3n) is 8.92. The summed E-state index contributed by atoms with van der Waals surface area (Å²) in [5.41, 5.74) is 1.88. The average molecular weight is 758 g/mol. The summed E-state index contributed by atoms with van der Waals surface area (Å²) >= 11 is 0. The lowest BCUT2D eigenvalue weighted by Crippen LogP contribution is -2.62. The van der Waals surface area contributed by atoms with Crippen LogP contribution < -0.4 is 10.2 Å². The largest absolute Gasteiger partial charge is 0.508 e. The van der Waals surface area contributed by atoms with Gasteiger partial charge in [0.15, 0.2) is 12.4 Å². The monoisotopic (exact) mass is 757 g/mol. The number of aliphatic carboxylic acids is 1. The highest BCUT2D eigenvalue weighted by Crippen LogP contribution is 2.46. The predicted molar refractivity (Wildman–Crippen MR) is 183 cm³/mol. The number of ether oxygens (including phenoxy) is 2. The second kappa shape index (κ2) is 14.9. The number of hydrogen-bond donors (Lipinski definition) is 7. The van der Waals surface area contributed by atoms with Gasteiger partial charge in [-0.25, -0.2) is 9.18 Å². The van der Waals surface area contributed by atoms with Gasteiger partial charge in [-0.3, -0.25) is 13.6 Å². The molecule has 0 aromatic heterocycles. The van der Waals surface area contributed by atoms with E-state index in [2.05, 4.69) is 0 Å². The first-order chi connectivity index (χ1) is 24.6. The Morgan fingerprint density at radius 1 is 0.904 bits per heavy atom. The molecule has 0 spiro atoms. The van der Waals surface area contributed by atoms with E-state index < -0.39 is 89.9 Å². The van der Waals surface area contributed by atoms with Crippen LogP contribution in [0.25, 0.3) is 11.1 Å². The zero-order valence-corrected chi connectivity index (χ0v) is 28.5. The number of rotatable bonds is 11. The molecule has 4 aromatic carbocycles. The van der Waals surface area contributed by atoms with Gasteiger partial charge in [0.1, 0.15) is 35.1 Å². The van der Waals surface area contributed by atoms with E-state index in [1.807, 2.05) is 0 Å². The molecule has 52 heavy (non-hydrogen) atoms. The number of amides is 1. The fraction of sp³-hybridized carbons (Fsp3) is 0.257. The van der Waals surface area contributed by atoms with Crippen molar-refractivity contribution >= 4 is 41.3 Å². The third kappa shape index (κ3) is 7.43. The quantitative estimate of drug-likeness (QED) is 0.0857. The highest BCUT2D eigenvalue weighted by Gasteiger charge is 2.54. The van der Waals surface area contributed by atoms with Crippen molar-refractivity contribution < 1.29 is 67.5 Å². The van der Waals surface area contributed by atoms with E-state index in [1.165, 1.54) is 53.4 Å². The predicted octanol–water partition coefficient (Wildman–Crippen LogP) is 1.86. The lowest BCUT2D eigenvalue weighted by molar-refractivity contribution is -0.303. The van der Waals surface area contributed by atoms with E-state index in [4.69, 9.17) is 9.47 Å². The molecule has 0 aliphatic carbocycles. The van der Waals surface area contributed by atoms with Crippen LogP contribution in [-0.4, -0.2) is 93.1 Å². The van der Waals surface area contributed by atoms with Crippen molar-refractivity contribution in [2.75, 3.05) is 10.7 Å². The fourth-order valence-electron chi connectivity index (χ4n) is 6.19. The summed E-state index contributed by atoms with van der Waals surface area (Å²) in [5, 5.41) is 50.4. The highest BCUT2D eigenvalue weighted by atomic mass is 32.2. The molecule has 2 heterocycles. The van der Waals surface area contributed by atoms with Crippen molar-refractivity contribution in [3.63, 3.8) is 0 Å².